The zero-order valence-electron chi connectivity index (χ0n) is 12.1. The predicted molar refractivity (Wildman–Crippen MR) is 85.0 cm³/mol. The fourth-order valence-corrected chi connectivity index (χ4v) is 2.75. The SMILES string of the molecule is COC(=O)Cn1c(O)c(N=NC2=NC(=O)CS2)c2ccccc21. The minimum absolute atomic E-state index is 0.146. The van der Waals surface area contributed by atoms with Crippen molar-refractivity contribution in [3.8, 4) is 5.88 Å². The lowest BCUT2D eigenvalue weighted by Crippen LogP contribution is -2.10. The number of esters is 1. The van der Waals surface area contributed by atoms with E-state index in [0.717, 1.165) is 0 Å². The van der Waals surface area contributed by atoms with Gasteiger partial charge in [0.1, 0.15) is 6.54 Å². The number of azo groups is 1. The fraction of sp³-hybridized carbons (Fsp3) is 0.214. The summed E-state index contributed by atoms with van der Waals surface area (Å²) >= 11 is 1.18. The summed E-state index contributed by atoms with van der Waals surface area (Å²) in [4.78, 5) is 26.3. The number of aliphatic imine (C=N–C) groups is 1. The number of carbonyl (C=O) groups is 2. The maximum atomic E-state index is 11.5. The van der Waals surface area contributed by atoms with Crippen molar-refractivity contribution in [2.24, 2.45) is 15.2 Å². The topological polar surface area (TPSA) is 106 Å². The summed E-state index contributed by atoms with van der Waals surface area (Å²) in [6.07, 6.45) is 0. The smallest absolute Gasteiger partial charge is 0.325 e. The molecule has 9 heteroatoms. The molecule has 1 N–H and O–H groups in total. The van der Waals surface area contributed by atoms with Crippen LogP contribution in [-0.4, -0.2) is 39.6 Å². The van der Waals surface area contributed by atoms with Gasteiger partial charge in [-0.1, -0.05) is 30.0 Å². The van der Waals surface area contributed by atoms with E-state index >= 15 is 0 Å². The molecule has 0 aliphatic carbocycles. The van der Waals surface area contributed by atoms with Crippen molar-refractivity contribution in [1.82, 2.24) is 4.57 Å². The normalized spacial score (nSPS) is 14.7. The molecule has 0 fully saturated rings. The summed E-state index contributed by atoms with van der Waals surface area (Å²) in [5, 5.41) is 19.1. The van der Waals surface area contributed by atoms with Crippen LogP contribution in [0.25, 0.3) is 10.9 Å². The van der Waals surface area contributed by atoms with Crippen LogP contribution in [0, 0.1) is 0 Å². The Morgan fingerprint density at radius 3 is 2.91 bits per heavy atom. The van der Waals surface area contributed by atoms with Crippen molar-refractivity contribution in [1.29, 1.82) is 0 Å². The van der Waals surface area contributed by atoms with Gasteiger partial charge in [0.15, 0.2) is 5.69 Å². The molecule has 3 rings (SSSR count). The molecule has 0 spiro atoms. The molecule has 1 aromatic carbocycles. The van der Waals surface area contributed by atoms with Crippen molar-refractivity contribution in [2.45, 2.75) is 6.54 Å². The van der Waals surface area contributed by atoms with Crippen LogP contribution in [0.3, 0.4) is 0 Å². The summed E-state index contributed by atoms with van der Waals surface area (Å²) in [6, 6.07) is 7.08. The Labute approximate surface area is 134 Å². The molecule has 1 amide bonds. The molecule has 0 unspecified atom stereocenters. The van der Waals surface area contributed by atoms with Gasteiger partial charge in [-0.2, -0.15) is 4.99 Å². The molecule has 0 saturated heterocycles. The number of benzene rings is 1. The molecule has 0 radical (unpaired) electrons. The lowest BCUT2D eigenvalue weighted by molar-refractivity contribution is -0.141. The number of fused-ring (bicyclic) bond motifs is 1. The first-order chi connectivity index (χ1) is 11.1. The maximum absolute atomic E-state index is 11.5. The van der Waals surface area contributed by atoms with Crippen LogP contribution in [0.1, 0.15) is 0 Å². The highest BCUT2D eigenvalue weighted by molar-refractivity contribution is 8.14. The zero-order valence-corrected chi connectivity index (χ0v) is 12.9. The van der Waals surface area contributed by atoms with Crippen LogP contribution in [0.5, 0.6) is 5.88 Å². The first kappa shape index (κ1) is 15.2. The standard InChI is InChI=1S/C14H12N4O4S/c1-22-11(20)6-18-9-5-3-2-4-8(9)12(13(18)21)16-17-14-15-10(19)7-23-14/h2-5,21H,6-7H2,1H3. The molecule has 0 atom stereocenters. The number of hydrogen-bond donors (Lipinski definition) is 1. The molecular weight excluding hydrogens is 320 g/mol. The average Bonchev–Trinajstić information content (AvgIpc) is 3.08. The van der Waals surface area contributed by atoms with Gasteiger partial charge in [-0.25, -0.2) is 0 Å². The van der Waals surface area contributed by atoms with Gasteiger partial charge >= 0.3 is 5.97 Å². The molecule has 0 bridgehead atoms. The number of para-hydroxylation sites is 1. The van der Waals surface area contributed by atoms with Gasteiger partial charge in [0.2, 0.25) is 11.0 Å². The number of methoxy groups -OCH3 is 1. The van der Waals surface area contributed by atoms with Gasteiger partial charge in [-0.3, -0.25) is 14.2 Å². The second kappa shape index (κ2) is 6.21. The van der Waals surface area contributed by atoms with Crippen molar-refractivity contribution in [3.05, 3.63) is 24.3 Å². The largest absolute Gasteiger partial charge is 0.493 e. The second-order valence-electron chi connectivity index (χ2n) is 4.63. The van der Waals surface area contributed by atoms with Crippen molar-refractivity contribution in [3.63, 3.8) is 0 Å². The van der Waals surface area contributed by atoms with E-state index in [9.17, 15) is 14.7 Å². The minimum atomic E-state index is -0.495. The number of carbonyl (C=O) groups excluding carboxylic acids is 2. The summed E-state index contributed by atoms with van der Waals surface area (Å²) < 4.78 is 6.03. The lowest BCUT2D eigenvalue weighted by Gasteiger charge is -2.04. The monoisotopic (exact) mass is 332 g/mol. The van der Waals surface area contributed by atoms with E-state index in [1.54, 1.807) is 24.3 Å². The third-order valence-electron chi connectivity index (χ3n) is 3.21. The molecule has 1 aromatic heterocycles. The third kappa shape index (κ3) is 2.95. The van der Waals surface area contributed by atoms with Crippen LogP contribution in [-0.2, 0) is 20.9 Å². The number of hydrogen-bond acceptors (Lipinski definition) is 7. The van der Waals surface area contributed by atoms with Gasteiger partial charge in [-0.15, -0.1) is 10.2 Å². The number of aromatic hydroxyl groups is 1. The summed E-state index contributed by atoms with van der Waals surface area (Å²) in [5.74, 6) is -0.716. The minimum Gasteiger partial charge on any atom is -0.493 e. The Morgan fingerprint density at radius 1 is 1.43 bits per heavy atom. The Bertz CT molecular complexity index is 856. The molecule has 1 aliphatic rings. The van der Waals surface area contributed by atoms with Gasteiger partial charge in [0, 0.05) is 5.39 Å². The van der Waals surface area contributed by atoms with Crippen molar-refractivity contribution < 1.29 is 19.4 Å². The number of thioether (sulfide) groups is 1. The van der Waals surface area contributed by atoms with Gasteiger partial charge in [-0.05, 0) is 6.07 Å². The second-order valence-corrected chi connectivity index (χ2v) is 5.57. The van der Waals surface area contributed by atoms with Gasteiger partial charge < -0.3 is 9.84 Å². The first-order valence-corrected chi connectivity index (χ1v) is 7.61. The van der Waals surface area contributed by atoms with Crippen LogP contribution in [0.15, 0.2) is 39.5 Å². The highest BCUT2D eigenvalue weighted by Crippen LogP contribution is 2.39. The summed E-state index contributed by atoms with van der Waals surface area (Å²) in [7, 11) is 1.28. The average molecular weight is 332 g/mol. The van der Waals surface area contributed by atoms with Crippen LogP contribution >= 0.6 is 11.8 Å². The van der Waals surface area contributed by atoms with Crippen molar-refractivity contribution in [2.75, 3.05) is 12.9 Å². The van der Waals surface area contributed by atoms with Crippen LogP contribution in [0.2, 0.25) is 0 Å². The molecule has 0 saturated carbocycles. The van der Waals surface area contributed by atoms with E-state index in [4.69, 9.17) is 0 Å². The highest BCUT2D eigenvalue weighted by atomic mass is 32.2. The summed E-state index contributed by atoms with van der Waals surface area (Å²) in [6.45, 7) is -0.146. The molecular formula is C14H12N4O4S. The van der Waals surface area contributed by atoms with Gasteiger partial charge in [0.05, 0.1) is 18.4 Å². The third-order valence-corrected chi connectivity index (χ3v) is 4.04. The van der Waals surface area contributed by atoms with E-state index in [-0.39, 0.29) is 34.9 Å². The van der Waals surface area contributed by atoms with E-state index in [1.807, 2.05) is 0 Å². The van der Waals surface area contributed by atoms with E-state index in [0.29, 0.717) is 10.9 Å². The molecule has 2 aromatic rings. The zero-order chi connectivity index (χ0) is 16.4. The number of ether oxygens (including phenoxy) is 1. The number of nitrogens with zero attached hydrogens (tertiary/aromatic N) is 4. The molecule has 118 valence electrons. The van der Waals surface area contributed by atoms with Crippen molar-refractivity contribution >= 4 is 45.4 Å². The lowest BCUT2D eigenvalue weighted by atomic mass is 10.2. The Hall–Kier alpha value is -2.68. The molecule has 1 aliphatic heterocycles. The Kier molecular flexibility index (Phi) is 4.11. The Morgan fingerprint density at radius 2 is 2.22 bits per heavy atom. The van der Waals surface area contributed by atoms with Crippen LogP contribution < -0.4 is 0 Å². The van der Waals surface area contributed by atoms with E-state index in [1.165, 1.54) is 23.4 Å². The summed E-state index contributed by atoms with van der Waals surface area (Å²) in [5.41, 5.74) is 0.841. The quantitative estimate of drug-likeness (QED) is 0.685. The molecule has 8 nitrogen and oxygen atoms in total. The van der Waals surface area contributed by atoms with E-state index in [2.05, 4.69) is 20.0 Å². The fourth-order valence-electron chi connectivity index (χ4n) is 2.17. The number of amides is 1. The highest BCUT2D eigenvalue weighted by Gasteiger charge is 2.19. The molecule has 2 heterocycles. The molecule has 23 heavy (non-hydrogen) atoms. The Balaban J connectivity index is 2.04. The van der Waals surface area contributed by atoms with Gasteiger partial charge in [0.25, 0.3) is 5.91 Å². The number of amidine groups is 1. The first-order valence-electron chi connectivity index (χ1n) is 6.63. The van der Waals surface area contributed by atoms with Crippen LogP contribution in [0.4, 0.5) is 5.69 Å². The number of rotatable bonds is 3. The maximum Gasteiger partial charge on any atom is 0.325 e. The number of aromatic nitrogens is 1. The predicted octanol–water partition coefficient (Wildman–Crippen LogP) is 2.23. The van der Waals surface area contributed by atoms with E-state index < -0.39 is 5.97 Å².